The number of hydrogen-bond donors (Lipinski definition) is 0. The molecule has 1 fully saturated rings. The summed E-state index contributed by atoms with van der Waals surface area (Å²) in [6.45, 7) is 2.35. The molecule has 0 spiro atoms. The molecule has 1 saturated heterocycles. The SMILES string of the molecule is COC(=O)C1CCCCN1CC(=O)N(Cc1cccs1)c1ccc2c(c1)OCCO2. The summed E-state index contributed by atoms with van der Waals surface area (Å²) < 4.78 is 16.3. The van der Waals surface area contributed by atoms with Crippen LogP contribution in [0.1, 0.15) is 24.1 Å². The molecular weight excluding hydrogens is 404 g/mol. The number of anilines is 1. The molecule has 1 aromatic heterocycles. The van der Waals surface area contributed by atoms with Crippen LogP contribution in [0.3, 0.4) is 0 Å². The molecule has 3 heterocycles. The van der Waals surface area contributed by atoms with Crippen LogP contribution >= 0.6 is 11.3 Å². The van der Waals surface area contributed by atoms with Crippen LogP contribution in [0.2, 0.25) is 0 Å². The van der Waals surface area contributed by atoms with E-state index in [0.717, 1.165) is 29.8 Å². The summed E-state index contributed by atoms with van der Waals surface area (Å²) in [5.74, 6) is 1.01. The van der Waals surface area contributed by atoms with E-state index >= 15 is 0 Å². The van der Waals surface area contributed by atoms with Crippen molar-refractivity contribution in [2.45, 2.75) is 31.8 Å². The zero-order valence-electron chi connectivity index (χ0n) is 17.0. The van der Waals surface area contributed by atoms with Gasteiger partial charge >= 0.3 is 5.97 Å². The fraction of sp³-hybridized carbons (Fsp3) is 0.455. The van der Waals surface area contributed by atoms with Crippen LogP contribution in [0.25, 0.3) is 0 Å². The first-order chi connectivity index (χ1) is 14.7. The highest BCUT2D eigenvalue weighted by atomic mass is 32.1. The molecule has 1 atom stereocenters. The Morgan fingerprint density at radius 2 is 2.03 bits per heavy atom. The van der Waals surface area contributed by atoms with E-state index in [4.69, 9.17) is 14.2 Å². The lowest BCUT2D eigenvalue weighted by Gasteiger charge is -2.35. The summed E-state index contributed by atoms with van der Waals surface area (Å²) >= 11 is 1.61. The Morgan fingerprint density at radius 1 is 1.20 bits per heavy atom. The molecule has 8 heteroatoms. The van der Waals surface area contributed by atoms with Crippen molar-refractivity contribution in [1.82, 2.24) is 4.90 Å². The van der Waals surface area contributed by atoms with Crippen LogP contribution in [0.4, 0.5) is 5.69 Å². The Bertz CT molecular complexity index is 886. The molecule has 0 N–H and O–H groups in total. The van der Waals surface area contributed by atoms with Crippen molar-refractivity contribution in [2.24, 2.45) is 0 Å². The molecule has 2 aliphatic heterocycles. The van der Waals surface area contributed by atoms with Crippen molar-refractivity contribution in [2.75, 3.05) is 38.3 Å². The number of piperidine rings is 1. The molecule has 1 unspecified atom stereocenters. The molecule has 1 aromatic carbocycles. The van der Waals surface area contributed by atoms with Gasteiger partial charge in [0.25, 0.3) is 0 Å². The Labute approximate surface area is 180 Å². The number of carbonyl (C=O) groups excluding carboxylic acids is 2. The van der Waals surface area contributed by atoms with Gasteiger partial charge in [-0.05, 0) is 43.0 Å². The monoisotopic (exact) mass is 430 g/mol. The average Bonchev–Trinajstić information content (AvgIpc) is 3.30. The molecule has 0 radical (unpaired) electrons. The van der Waals surface area contributed by atoms with Crippen LogP contribution in [0, 0.1) is 0 Å². The van der Waals surface area contributed by atoms with E-state index < -0.39 is 0 Å². The molecule has 1 amide bonds. The van der Waals surface area contributed by atoms with Crippen molar-refractivity contribution in [3.63, 3.8) is 0 Å². The molecule has 2 aromatic rings. The first-order valence-electron chi connectivity index (χ1n) is 10.2. The topological polar surface area (TPSA) is 68.3 Å². The fourth-order valence-corrected chi connectivity index (χ4v) is 4.62. The van der Waals surface area contributed by atoms with Crippen LogP contribution < -0.4 is 14.4 Å². The Hall–Kier alpha value is -2.58. The number of ether oxygens (including phenoxy) is 3. The summed E-state index contributed by atoms with van der Waals surface area (Å²) in [6, 6.07) is 9.21. The Morgan fingerprint density at radius 3 is 2.80 bits per heavy atom. The van der Waals surface area contributed by atoms with Crippen molar-refractivity contribution >= 4 is 28.9 Å². The number of fused-ring (bicyclic) bond motifs is 1. The largest absolute Gasteiger partial charge is 0.486 e. The van der Waals surface area contributed by atoms with Crippen molar-refractivity contribution in [3.05, 3.63) is 40.6 Å². The van der Waals surface area contributed by atoms with Gasteiger partial charge in [-0.25, -0.2) is 0 Å². The van der Waals surface area contributed by atoms with E-state index in [-0.39, 0.29) is 24.5 Å². The molecule has 4 rings (SSSR count). The number of amides is 1. The van der Waals surface area contributed by atoms with Gasteiger partial charge in [-0.15, -0.1) is 11.3 Å². The number of carbonyl (C=O) groups is 2. The zero-order valence-corrected chi connectivity index (χ0v) is 17.9. The van der Waals surface area contributed by atoms with Crippen LogP contribution in [0.5, 0.6) is 11.5 Å². The van der Waals surface area contributed by atoms with E-state index in [9.17, 15) is 9.59 Å². The maximum Gasteiger partial charge on any atom is 0.323 e. The molecule has 7 nitrogen and oxygen atoms in total. The van der Waals surface area contributed by atoms with E-state index in [1.165, 1.54) is 7.11 Å². The third-order valence-electron chi connectivity index (χ3n) is 5.46. The van der Waals surface area contributed by atoms with Gasteiger partial charge in [0.15, 0.2) is 11.5 Å². The molecule has 160 valence electrons. The van der Waals surface area contributed by atoms with Gasteiger partial charge in [-0.2, -0.15) is 0 Å². The number of benzene rings is 1. The van der Waals surface area contributed by atoms with Gasteiger partial charge in [-0.3, -0.25) is 14.5 Å². The minimum absolute atomic E-state index is 0.0594. The van der Waals surface area contributed by atoms with Gasteiger partial charge in [0.1, 0.15) is 19.3 Å². The number of rotatable bonds is 6. The average molecular weight is 431 g/mol. The second kappa shape index (κ2) is 9.49. The Balaban J connectivity index is 1.57. The summed E-state index contributed by atoms with van der Waals surface area (Å²) in [5, 5.41) is 2.00. The second-order valence-corrected chi connectivity index (χ2v) is 8.42. The zero-order chi connectivity index (χ0) is 20.9. The number of methoxy groups -OCH3 is 1. The molecule has 30 heavy (non-hydrogen) atoms. The van der Waals surface area contributed by atoms with Gasteiger partial charge in [0.05, 0.1) is 20.2 Å². The molecular formula is C22H26N2O5S. The first-order valence-corrected chi connectivity index (χ1v) is 11.1. The van der Waals surface area contributed by atoms with Crippen LogP contribution in [-0.2, 0) is 20.9 Å². The van der Waals surface area contributed by atoms with E-state index in [0.29, 0.717) is 37.8 Å². The number of hydrogen-bond acceptors (Lipinski definition) is 7. The van der Waals surface area contributed by atoms with Gasteiger partial charge in [0.2, 0.25) is 5.91 Å². The van der Waals surface area contributed by atoms with E-state index in [1.54, 1.807) is 16.2 Å². The number of likely N-dealkylation sites (tertiary alicyclic amines) is 1. The summed E-state index contributed by atoms with van der Waals surface area (Å²) in [4.78, 5) is 30.4. The van der Waals surface area contributed by atoms with Gasteiger partial charge < -0.3 is 19.1 Å². The lowest BCUT2D eigenvalue weighted by molar-refractivity contribution is -0.148. The van der Waals surface area contributed by atoms with Gasteiger partial charge in [-0.1, -0.05) is 12.5 Å². The van der Waals surface area contributed by atoms with Crippen molar-refractivity contribution in [1.29, 1.82) is 0 Å². The molecule has 0 saturated carbocycles. The van der Waals surface area contributed by atoms with Crippen LogP contribution in [0.15, 0.2) is 35.7 Å². The van der Waals surface area contributed by atoms with E-state index in [2.05, 4.69) is 0 Å². The lowest BCUT2D eigenvalue weighted by Crippen LogP contribution is -2.50. The third-order valence-corrected chi connectivity index (χ3v) is 6.32. The number of thiophene rings is 1. The molecule has 0 aliphatic carbocycles. The third kappa shape index (κ3) is 4.60. The van der Waals surface area contributed by atoms with Crippen LogP contribution in [-0.4, -0.2) is 56.2 Å². The first kappa shape index (κ1) is 20.7. The number of esters is 1. The minimum Gasteiger partial charge on any atom is -0.486 e. The summed E-state index contributed by atoms with van der Waals surface area (Å²) in [7, 11) is 1.40. The maximum atomic E-state index is 13.4. The number of nitrogens with zero attached hydrogens (tertiary/aromatic N) is 2. The Kier molecular flexibility index (Phi) is 6.54. The maximum absolute atomic E-state index is 13.4. The summed E-state index contributed by atoms with van der Waals surface area (Å²) in [5.41, 5.74) is 0.754. The molecule has 2 aliphatic rings. The normalized spacial score (nSPS) is 18.6. The highest BCUT2D eigenvalue weighted by Crippen LogP contribution is 2.35. The lowest BCUT2D eigenvalue weighted by atomic mass is 10.0. The van der Waals surface area contributed by atoms with Crippen molar-refractivity contribution < 1.29 is 23.8 Å². The molecule has 0 bridgehead atoms. The van der Waals surface area contributed by atoms with Gasteiger partial charge in [0, 0.05) is 16.6 Å². The fourth-order valence-electron chi connectivity index (χ4n) is 3.92. The predicted molar refractivity (Wildman–Crippen MR) is 114 cm³/mol. The van der Waals surface area contributed by atoms with E-state index in [1.807, 2.05) is 40.6 Å². The smallest absolute Gasteiger partial charge is 0.323 e. The quantitative estimate of drug-likeness (QED) is 0.656. The highest BCUT2D eigenvalue weighted by Gasteiger charge is 2.32. The second-order valence-electron chi connectivity index (χ2n) is 7.39. The summed E-state index contributed by atoms with van der Waals surface area (Å²) in [6.07, 6.45) is 2.65. The predicted octanol–water partition coefficient (Wildman–Crippen LogP) is 3.08. The van der Waals surface area contributed by atoms with Crippen molar-refractivity contribution in [3.8, 4) is 11.5 Å². The minimum atomic E-state index is -0.364. The highest BCUT2D eigenvalue weighted by molar-refractivity contribution is 7.09. The standard InChI is InChI=1S/C22H26N2O5S/c1-27-22(26)18-6-2-3-9-23(18)15-21(25)24(14-17-5-4-12-30-17)16-7-8-19-20(13-16)29-11-10-28-19/h4-5,7-8,12-13,18H,2-3,6,9-11,14-15H2,1H3.